The Bertz CT molecular complexity index is 813. The van der Waals surface area contributed by atoms with Crippen LogP contribution in [0, 0.1) is 12.7 Å². The van der Waals surface area contributed by atoms with E-state index in [1.165, 1.54) is 16.1 Å². The van der Waals surface area contributed by atoms with Gasteiger partial charge in [0.2, 0.25) is 5.88 Å². The fourth-order valence-corrected chi connectivity index (χ4v) is 2.58. The van der Waals surface area contributed by atoms with Crippen molar-refractivity contribution in [2.45, 2.75) is 6.92 Å². The molecule has 2 aliphatic rings. The number of hydrazine groups is 2. The number of nitrogens with one attached hydrogen (secondary N) is 1. The van der Waals surface area contributed by atoms with Gasteiger partial charge >= 0.3 is 0 Å². The summed E-state index contributed by atoms with van der Waals surface area (Å²) in [6, 6.07) is 8.54. The molecule has 1 aromatic heterocycles. The maximum absolute atomic E-state index is 14.2. The molecule has 110 valence electrons. The summed E-state index contributed by atoms with van der Waals surface area (Å²) in [6.45, 7) is 1.89. The SMILES string of the molecule is Cc1ccc(N2NN3C(=C2O)C=Cc2cccc(F)c23)cn1. The molecule has 0 radical (unpaired) electrons. The Balaban J connectivity index is 1.79. The highest BCUT2D eigenvalue weighted by molar-refractivity contribution is 5.78. The third-order valence-corrected chi connectivity index (χ3v) is 3.70. The van der Waals surface area contributed by atoms with Crippen molar-refractivity contribution in [1.29, 1.82) is 0 Å². The van der Waals surface area contributed by atoms with Gasteiger partial charge in [-0.3, -0.25) is 4.98 Å². The summed E-state index contributed by atoms with van der Waals surface area (Å²) < 4.78 is 14.2. The molecule has 1 aromatic carbocycles. The third kappa shape index (κ3) is 1.78. The molecule has 0 saturated heterocycles. The molecule has 0 aliphatic carbocycles. The largest absolute Gasteiger partial charge is 0.492 e. The molecule has 0 bridgehead atoms. The number of aliphatic hydroxyl groups excluding tert-OH is 1. The predicted octanol–water partition coefficient (Wildman–Crippen LogP) is 3.03. The molecule has 22 heavy (non-hydrogen) atoms. The van der Waals surface area contributed by atoms with Gasteiger partial charge in [-0.15, -0.1) is 5.53 Å². The number of allylic oxidation sites excluding steroid dienone is 1. The van der Waals surface area contributed by atoms with Crippen LogP contribution in [-0.4, -0.2) is 10.1 Å². The van der Waals surface area contributed by atoms with Crippen LogP contribution in [0.2, 0.25) is 0 Å². The van der Waals surface area contributed by atoms with Gasteiger partial charge in [-0.25, -0.2) is 14.4 Å². The molecule has 0 atom stereocenters. The number of pyridine rings is 1. The van der Waals surface area contributed by atoms with Gasteiger partial charge in [-0.1, -0.05) is 18.2 Å². The summed E-state index contributed by atoms with van der Waals surface area (Å²) in [5, 5.41) is 13.4. The number of nitrogens with zero attached hydrogens (tertiary/aromatic N) is 3. The van der Waals surface area contributed by atoms with Crippen molar-refractivity contribution in [3.63, 3.8) is 0 Å². The second kappa shape index (κ2) is 4.57. The van der Waals surface area contributed by atoms with Gasteiger partial charge < -0.3 is 5.11 Å². The minimum Gasteiger partial charge on any atom is -0.492 e. The summed E-state index contributed by atoms with van der Waals surface area (Å²) in [4.78, 5) is 4.21. The van der Waals surface area contributed by atoms with E-state index in [0.29, 0.717) is 17.1 Å². The standard InChI is InChI=1S/C16H13FN4O/c1-10-5-7-12(9-18-10)20-16(22)14-8-6-11-3-2-4-13(17)15(11)21(14)19-20/h2-9,19,22H,1H3. The lowest BCUT2D eigenvalue weighted by atomic mass is 10.1. The van der Waals surface area contributed by atoms with E-state index in [2.05, 4.69) is 10.5 Å². The zero-order chi connectivity index (χ0) is 15.3. The Hall–Kier alpha value is -2.86. The van der Waals surface area contributed by atoms with Crippen LogP contribution in [0.25, 0.3) is 6.08 Å². The molecule has 0 spiro atoms. The number of rotatable bonds is 1. The van der Waals surface area contributed by atoms with Gasteiger partial charge in [0.05, 0.1) is 11.9 Å². The molecule has 0 saturated carbocycles. The van der Waals surface area contributed by atoms with Crippen LogP contribution in [-0.2, 0) is 0 Å². The molecule has 4 rings (SSSR count). The number of anilines is 2. The first kappa shape index (κ1) is 12.8. The number of para-hydroxylation sites is 1. The summed E-state index contributed by atoms with van der Waals surface area (Å²) in [5.41, 5.74) is 6.14. The Morgan fingerprint density at radius 1 is 1.14 bits per heavy atom. The lowest BCUT2D eigenvalue weighted by Crippen LogP contribution is -2.42. The van der Waals surface area contributed by atoms with Crippen LogP contribution >= 0.6 is 0 Å². The lowest BCUT2D eigenvalue weighted by Gasteiger charge is -2.27. The molecule has 2 aliphatic heterocycles. The highest BCUT2D eigenvalue weighted by atomic mass is 19.1. The van der Waals surface area contributed by atoms with E-state index in [-0.39, 0.29) is 11.7 Å². The van der Waals surface area contributed by atoms with Crippen molar-refractivity contribution in [3.8, 4) is 0 Å². The van der Waals surface area contributed by atoms with Gasteiger partial charge in [-0.05, 0) is 31.2 Å². The topological polar surface area (TPSA) is 51.6 Å². The molecule has 2 aromatic rings. The van der Waals surface area contributed by atoms with Crippen molar-refractivity contribution in [3.05, 3.63) is 71.3 Å². The molecule has 5 nitrogen and oxygen atoms in total. The van der Waals surface area contributed by atoms with Crippen molar-refractivity contribution in [2.75, 3.05) is 10.0 Å². The monoisotopic (exact) mass is 296 g/mol. The maximum Gasteiger partial charge on any atom is 0.234 e. The Morgan fingerprint density at radius 2 is 2.00 bits per heavy atom. The minimum absolute atomic E-state index is 0.00388. The summed E-state index contributed by atoms with van der Waals surface area (Å²) >= 11 is 0. The fraction of sp³-hybridized carbons (Fsp3) is 0.0625. The van der Waals surface area contributed by atoms with E-state index in [9.17, 15) is 9.50 Å². The smallest absolute Gasteiger partial charge is 0.234 e. The van der Waals surface area contributed by atoms with E-state index in [1.807, 2.05) is 25.1 Å². The average molecular weight is 296 g/mol. The van der Waals surface area contributed by atoms with Gasteiger partial charge in [0.15, 0.2) is 0 Å². The number of fused-ring (bicyclic) bond motifs is 3. The second-order valence-electron chi connectivity index (χ2n) is 5.15. The fourth-order valence-electron chi connectivity index (χ4n) is 2.58. The van der Waals surface area contributed by atoms with Crippen molar-refractivity contribution in [1.82, 2.24) is 10.5 Å². The molecule has 0 unspecified atom stereocenters. The van der Waals surface area contributed by atoms with Gasteiger partial charge in [0.25, 0.3) is 0 Å². The summed E-state index contributed by atoms with van der Waals surface area (Å²) in [7, 11) is 0. The number of aliphatic hydroxyl groups is 1. The first-order valence-corrected chi connectivity index (χ1v) is 6.84. The van der Waals surface area contributed by atoms with Crippen LogP contribution < -0.4 is 15.6 Å². The number of aryl methyl sites for hydroxylation is 1. The number of hydrogen-bond acceptors (Lipinski definition) is 5. The number of aromatic nitrogens is 1. The van der Waals surface area contributed by atoms with Crippen molar-refractivity contribution in [2.24, 2.45) is 0 Å². The number of hydrogen-bond donors (Lipinski definition) is 2. The zero-order valence-corrected chi connectivity index (χ0v) is 11.8. The first-order valence-electron chi connectivity index (χ1n) is 6.84. The van der Waals surface area contributed by atoms with E-state index < -0.39 is 0 Å². The van der Waals surface area contributed by atoms with E-state index in [1.54, 1.807) is 24.4 Å². The maximum atomic E-state index is 14.2. The Labute approximate surface area is 126 Å². The van der Waals surface area contributed by atoms with Crippen molar-refractivity contribution >= 4 is 17.5 Å². The van der Waals surface area contributed by atoms with Crippen LogP contribution in [0.1, 0.15) is 11.3 Å². The quantitative estimate of drug-likeness (QED) is 0.847. The Morgan fingerprint density at radius 3 is 2.77 bits per heavy atom. The lowest BCUT2D eigenvalue weighted by molar-refractivity contribution is 0.388. The molecule has 3 heterocycles. The van der Waals surface area contributed by atoms with E-state index >= 15 is 0 Å². The molecular weight excluding hydrogens is 283 g/mol. The molecule has 0 amide bonds. The Kier molecular flexibility index (Phi) is 2.67. The predicted molar refractivity (Wildman–Crippen MR) is 82.2 cm³/mol. The van der Waals surface area contributed by atoms with E-state index in [0.717, 1.165) is 11.3 Å². The van der Waals surface area contributed by atoms with Crippen LogP contribution in [0.5, 0.6) is 0 Å². The minimum atomic E-state index is -0.358. The van der Waals surface area contributed by atoms with Gasteiger partial charge in [-0.2, -0.15) is 0 Å². The molecule has 6 heteroatoms. The third-order valence-electron chi connectivity index (χ3n) is 3.70. The average Bonchev–Trinajstić information content (AvgIpc) is 2.85. The first-order chi connectivity index (χ1) is 10.6. The van der Waals surface area contributed by atoms with Crippen LogP contribution in [0.15, 0.2) is 54.2 Å². The van der Waals surface area contributed by atoms with Crippen LogP contribution in [0.4, 0.5) is 15.8 Å². The van der Waals surface area contributed by atoms with Gasteiger partial charge in [0, 0.05) is 11.3 Å². The van der Waals surface area contributed by atoms with Crippen LogP contribution in [0.3, 0.4) is 0 Å². The molecular formula is C16H13FN4O. The van der Waals surface area contributed by atoms with Gasteiger partial charge in [0.1, 0.15) is 17.2 Å². The zero-order valence-electron chi connectivity index (χ0n) is 11.8. The van der Waals surface area contributed by atoms with E-state index in [4.69, 9.17) is 0 Å². The molecule has 2 N–H and O–H groups in total. The highest BCUT2D eigenvalue weighted by Crippen LogP contribution is 2.37. The summed E-state index contributed by atoms with van der Waals surface area (Å²) in [5.74, 6) is -0.362. The van der Waals surface area contributed by atoms with Crippen molar-refractivity contribution < 1.29 is 9.50 Å². The number of halogens is 1. The number of benzene rings is 1. The normalized spacial score (nSPS) is 16.1. The highest BCUT2D eigenvalue weighted by Gasteiger charge is 2.34. The second-order valence-corrected chi connectivity index (χ2v) is 5.15. The summed E-state index contributed by atoms with van der Waals surface area (Å²) in [6.07, 6.45) is 5.16. The molecule has 0 fully saturated rings.